The van der Waals surface area contributed by atoms with Crippen LogP contribution in [0.15, 0.2) is 100 Å². The predicted octanol–water partition coefficient (Wildman–Crippen LogP) is 5.46. The Morgan fingerprint density at radius 2 is 1.81 bits per heavy atom. The van der Waals surface area contributed by atoms with E-state index in [0.29, 0.717) is 37.9 Å². The van der Waals surface area contributed by atoms with Crippen LogP contribution in [-0.2, 0) is 16.1 Å². The molecule has 6 rings (SSSR count). The molecule has 7 nitrogen and oxygen atoms in total. The molecule has 0 saturated heterocycles. The zero-order valence-corrected chi connectivity index (χ0v) is 24.9. The number of rotatable bonds is 7. The number of hydrogen-bond donors (Lipinski definition) is 0. The van der Waals surface area contributed by atoms with Crippen LogP contribution in [0.1, 0.15) is 36.6 Å². The van der Waals surface area contributed by atoms with Crippen molar-refractivity contribution in [2.24, 2.45) is 4.99 Å². The SMILES string of the molecule is CCOC(=O)C1=C(C)N=c2s/c(=C/c3cn(Cc4ccc(Cl)cc4)c4ccccc34)c(=O)n2[C@H]1c1ccc(OC)cc1. The van der Waals surface area contributed by atoms with Crippen LogP contribution in [0.5, 0.6) is 5.75 Å². The lowest BCUT2D eigenvalue weighted by Crippen LogP contribution is -2.39. The number of ether oxygens (including phenoxy) is 2. The van der Waals surface area contributed by atoms with E-state index in [9.17, 15) is 9.59 Å². The van der Waals surface area contributed by atoms with E-state index in [-0.39, 0.29) is 12.2 Å². The molecule has 1 aliphatic rings. The fraction of sp³-hybridized carbons (Fsp3) is 0.182. The Kier molecular flexibility index (Phi) is 7.58. The maximum absolute atomic E-state index is 14.1. The van der Waals surface area contributed by atoms with Crippen molar-refractivity contribution in [2.75, 3.05) is 13.7 Å². The van der Waals surface area contributed by atoms with E-state index in [1.54, 1.807) is 25.5 Å². The Labute approximate surface area is 251 Å². The summed E-state index contributed by atoms with van der Waals surface area (Å²) in [5.41, 5.74) is 4.52. The molecule has 3 aromatic carbocycles. The Hall–Kier alpha value is -4.40. The minimum Gasteiger partial charge on any atom is -0.497 e. The largest absolute Gasteiger partial charge is 0.497 e. The van der Waals surface area contributed by atoms with Crippen LogP contribution in [0.3, 0.4) is 0 Å². The van der Waals surface area contributed by atoms with Crippen LogP contribution in [0, 0.1) is 0 Å². The van der Waals surface area contributed by atoms with E-state index in [1.807, 2.05) is 66.7 Å². The third-order valence-corrected chi connectivity index (χ3v) is 8.56. The monoisotopic (exact) mass is 597 g/mol. The van der Waals surface area contributed by atoms with Crippen molar-refractivity contribution in [1.29, 1.82) is 0 Å². The number of aromatic nitrogens is 2. The van der Waals surface area contributed by atoms with E-state index in [4.69, 9.17) is 26.1 Å². The maximum Gasteiger partial charge on any atom is 0.338 e. The van der Waals surface area contributed by atoms with E-state index in [2.05, 4.69) is 22.9 Å². The van der Waals surface area contributed by atoms with Gasteiger partial charge < -0.3 is 14.0 Å². The van der Waals surface area contributed by atoms with E-state index < -0.39 is 12.0 Å². The molecule has 0 aliphatic carbocycles. The summed E-state index contributed by atoms with van der Waals surface area (Å²) in [5, 5.41) is 1.73. The van der Waals surface area contributed by atoms with Crippen molar-refractivity contribution in [1.82, 2.24) is 9.13 Å². The highest BCUT2D eigenvalue weighted by Gasteiger charge is 2.33. The number of allylic oxidation sites excluding steroid dienone is 1. The van der Waals surface area contributed by atoms with Gasteiger partial charge in [0.1, 0.15) is 5.75 Å². The molecule has 0 saturated carbocycles. The highest BCUT2D eigenvalue weighted by atomic mass is 35.5. The first kappa shape index (κ1) is 27.8. The highest BCUT2D eigenvalue weighted by molar-refractivity contribution is 7.07. The van der Waals surface area contributed by atoms with Crippen LogP contribution >= 0.6 is 22.9 Å². The summed E-state index contributed by atoms with van der Waals surface area (Å²) < 4.78 is 15.0. The number of carbonyl (C=O) groups excluding carboxylic acids is 1. The molecule has 2 aromatic heterocycles. The minimum atomic E-state index is -0.681. The molecule has 0 bridgehead atoms. The van der Waals surface area contributed by atoms with Crippen molar-refractivity contribution in [3.8, 4) is 5.75 Å². The molecular formula is C33H28ClN3O4S. The van der Waals surface area contributed by atoms with E-state index in [1.165, 1.54) is 11.3 Å². The standard InChI is InChI=1S/C33H28ClN3O4S/c1-4-41-32(39)29-20(2)35-33-37(30(29)22-11-15-25(40-3)16-12-22)31(38)28(42-33)17-23-19-36(27-8-6-5-7-26(23)27)18-21-9-13-24(34)14-10-21/h5-17,19,30H,4,18H2,1-3H3/b28-17+/t30-/m0/s1. The van der Waals surface area contributed by atoms with Crippen LogP contribution in [0.25, 0.3) is 17.0 Å². The summed E-state index contributed by atoms with van der Waals surface area (Å²) in [5.74, 6) is 0.193. The van der Waals surface area contributed by atoms with Crippen LogP contribution in [-0.4, -0.2) is 28.8 Å². The molecular weight excluding hydrogens is 570 g/mol. The topological polar surface area (TPSA) is 74.8 Å². The molecule has 0 fully saturated rings. The number of fused-ring (bicyclic) bond motifs is 2. The van der Waals surface area contributed by atoms with Crippen molar-refractivity contribution in [3.05, 3.63) is 132 Å². The van der Waals surface area contributed by atoms with Gasteiger partial charge in [0.05, 0.1) is 35.6 Å². The zero-order chi connectivity index (χ0) is 29.4. The zero-order valence-electron chi connectivity index (χ0n) is 23.3. The fourth-order valence-corrected chi connectivity index (χ4v) is 6.51. The summed E-state index contributed by atoms with van der Waals surface area (Å²) in [6.07, 6.45) is 3.98. The number of esters is 1. The molecule has 9 heteroatoms. The average molecular weight is 598 g/mol. The van der Waals surface area contributed by atoms with Gasteiger partial charge in [0.25, 0.3) is 5.56 Å². The second kappa shape index (κ2) is 11.5. The maximum atomic E-state index is 14.1. The molecule has 42 heavy (non-hydrogen) atoms. The minimum absolute atomic E-state index is 0.218. The highest BCUT2D eigenvalue weighted by Crippen LogP contribution is 2.32. The lowest BCUT2D eigenvalue weighted by molar-refractivity contribution is -0.139. The third-order valence-electron chi connectivity index (χ3n) is 7.32. The molecule has 0 N–H and O–H groups in total. The number of methoxy groups -OCH3 is 1. The molecule has 1 aliphatic heterocycles. The smallest absolute Gasteiger partial charge is 0.338 e. The summed E-state index contributed by atoms with van der Waals surface area (Å²) in [6.45, 7) is 4.42. The molecule has 212 valence electrons. The van der Waals surface area contributed by atoms with Gasteiger partial charge in [0.2, 0.25) is 0 Å². The Morgan fingerprint density at radius 1 is 1.07 bits per heavy atom. The Bertz CT molecular complexity index is 2020. The molecule has 3 heterocycles. The normalized spacial score (nSPS) is 15.0. The van der Waals surface area contributed by atoms with Gasteiger partial charge in [0, 0.05) is 34.2 Å². The van der Waals surface area contributed by atoms with Gasteiger partial charge >= 0.3 is 5.97 Å². The number of para-hydroxylation sites is 1. The molecule has 0 unspecified atom stereocenters. The van der Waals surface area contributed by atoms with Crippen molar-refractivity contribution < 1.29 is 14.3 Å². The van der Waals surface area contributed by atoms with Crippen LogP contribution < -0.4 is 19.6 Å². The number of carbonyl (C=O) groups is 1. The number of nitrogens with zero attached hydrogens (tertiary/aromatic N) is 3. The van der Waals surface area contributed by atoms with Crippen molar-refractivity contribution in [2.45, 2.75) is 26.4 Å². The number of hydrogen-bond acceptors (Lipinski definition) is 6. The Morgan fingerprint density at radius 3 is 2.52 bits per heavy atom. The lowest BCUT2D eigenvalue weighted by Gasteiger charge is -2.24. The van der Waals surface area contributed by atoms with Crippen molar-refractivity contribution >= 4 is 45.9 Å². The summed E-state index contributed by atoms with van der Waals surface area (Å²) in [4.78, 5) is 32.5. The first-order valence-corrected chi connectivity index (χ1v) is 14.7. The summed E-state index contributed by atoms with van der Waals surface area (Å²) >= 11 is 7.40. The summed E-state index contributed by atoms with van der Waals surface area (Å²) in [6, 6.07) is 22.6. The third kappa shape index (κ3) is 5.08. The van der Waals surface area contributed by atoms with Gasteiger partial charge in [-0.1, -0.05) is 65.4 Å². The van der Waals surface area contributed by atoms with Gasteiger partial charge in [-0.05, 0) is 61.4 Å². The molecule has 0 radical (unpaired) electrons. The lowest BCUT2D eigenvalue weighted by atomic mass is 9.96. The first-order valence-electron chi connectivity index (χ1n) is 13.5. The van der Waals surface area contributed by atoms with E-state index in [0.717, 1.165) is 27.6 Å². The van der Waals surface area contributed by atoms with Gasteiger partial charge in [-0.15, -0.1) is 0 Å². The van der Waals surface area contributed by atoms with E-state index >= 15 is 0 Å². The molecule has 0 spiro atoms. The predicted molar refractivity (Wildman–Crippen MR) is 166 cm³/mol. The van der Waals surface area contributed by atoms with Gasteiger partial charge in [-0.2, -0.15) is 0 Å². The number of thiazole rings is 1. The number of benzene rings is 3. The molecule has 5 aromatic rings. The van der Waals surface area contributed by atoms with Crippen molar-refractivity contribution in [3.63, 3.8) is 0 Å². The summed E-state index contributed by atoms with van der Waals surface area (Å²) in [7, 11) is 1.60. The van der Waals surface area contributed by atoms with Gasteiger partial charge in [0.15, 0.2) is 4.80 Å². The quantitative estimate of drug-likeness (QED) is 0.233. The molecule has 0 amide bonds. The number of halogens is 1. The van der Waals surface area contributed by atoms with Crippen LogP contribution in [0.4, 0.5) is 0 Å². The second-order valence-electron chi connectivity index (χ2n) is 9.93. The second-order valence-corrected chi connectivity index (χ2v) is 11.4. The van der Waals surface area contributed by atoms with Gasteiger partial charge in [-0.25, -0.2) is 9.79 Å². The molecule has 1 atom stereocenters. The average Bonchev–Trinajstić information content (AvgIpc) is 3.50. The van der Waals surface area contributed by atoms with Gasteiger partial charge in [-0.3, -0.25) is 9.36 Å². The van der Waals surface area contributed by atoms with Crippen LogP contribution in [0.2, 0.25) is 5.02 Å². The first-order chi connectivity index (χ1) is 20.4. The fourth-order valence-electron chi connectivity index (χ4n) is 5.34. The Balaban J connectivity index is 1.50.